The number of hydrogen-bond acceptors (Lipinski definition) is 2. The predicted molar refractivity (Wildman–Crippen MR) is 80.9 cm³/mol. The van der Waals surface area contributed by atoms with Crippen molar-refractivity contribution in [1.29, 1.82) is 0 Å². The zero-order valence-electron chi connectivity index (χ0n) is 11.6. The first-order chi connectivity index (χ1) is 9.24. The van der Waals surface area contributed by atoms with Crippen LogP contribution < -0.4 is 10.1 Å². The van der Waals surface area contributed by atoms with Crippen molar-refractivity contribution in [3.8, 4) is 11.5 Å². The first-order valence-electron chi connectivity index (χ1n) is 6.81. The first-order valence-corrected chi connectivity index (χ1v) is 6.81. The Kier molecular flexibility index (Phi) is 4.85. The van der Waals surface area contributed by atoms with Gasteiger partial charge in [0.15, 0.2) is 0 Å². The summed E-state index contributed by atoms with van der Waals surface area (Å²) < 4.78 is 5.75. The number of ether oxygens (including phenoxy) is 1. The second-order valence-electron chi connectivity index (χ2n) is 5.05. The highest BCUT2D eigenvalue weighted by Crippen LogP contribution is 2.22. The Morgan fingerprint density at radius 1 is 0.895 bits per heavy atom. The monoisotopic (exact) mass is 255 g/mol. The molecule has 0 saturated heterocycles. The van der Waals surface area contributed by atoms with E-state index in [0.717, 1.165) is 29.6 Å². The molecule has 0 bridgehead atoms. The molecule has 0 unspecified atom stereocenters. The van der Waals surface area contributed by atoms with E-state index in [0.29, 0.717) is 0 Å². The summed E-state index contributed by atoms with van der Waals surface area (Å²) in [5.74, 6) is 2.46. The first kappa shape index (κ1) is 13.5. The molecule has 0 radical (unpaired) electrons. The molecule has 0 saturated carbocycles. The Morgan fingerprint density at radius 2 is 1.53 bits per heavy atom. The quantitative estimate of drug-likeness (QED) is 0.789. The standard InChI is InChI=1S/C17H21NO/c1-14(2)12-13-18-15-8-10-17(11-9-15)19-16-6-4-3-5-7-16/h3-11,14,18H,12-13H2,1-2H3. The van der Waals surface area contributed by atoms with E-state index >= 15 is 0 Å². The van der Waals surface area contributed by atoms with Crippen LogP contribution in [0.4, 0.5) is 5.69 Å². The van der Waals surface area contributed by atoms with Gasteiger partial charge in [-0.05, 0) is 48.7 Å². The molecular weight excluding hydrogens is 234 g/mol. The van der Waals surface area contributed by atoms with Crippen LogP contribution in [0.3, 0.4) is 0 Å². The predicted octanol–water partition coefficient (Wildman–Crippen LogP) is 4.94. The van der Waals surface area contributed by atoms with Gasteiger partial charge in [0.1, 0.15) is 11.5 Å². The molecule has 2 heteroatoms. The van der Waals surface area contributed by atoms with E-state index in [-0.39, 0.29) is 0 Å². The third-order valence-corrected chi connectivity index (χ3v) is 2.88. The maximum absolute atomic E-state index is 5.75. The van der Waals surface area contributed by atoms with Crippen LogP contribution in [-0.2, 0) is 0 Å². The highest BCUT2D eigenvalue weighted by Gasteiger charge is 1.98. The van der Waals surface area contributed by atoms with E-state index < -0.39 is 0 Å². The molecule has 0 aliphatic heterocycles. The number of hydrogen-bond donors (Lipinski definition) is 1. The minimum absolute atomic E-state index is 0.730. The Hall–Kier alpha value is -1.96. The SMILES string of the molecule is CC(C)CCNc1ccc(Oc2ccccc2)cc1. The van der Waals surface area contributed by atoms with Gasteiger partial charge < -0.3 is 10.1 Å². The van der Waals surface area contributed by atoms with E-state index in [2.05, 4.69) is 31.3 Å². The van der Waals surface area contributed by atoms with Crippen LogP contribution in [0.2, 0.25) is 0 Å². The fraction of sp³-hybridized carbons (Fsp3) is 0.294. The van der Waals surface area contributed by atoms with Gasteiger partial charge in [-0.3, -0.25) is 0 Å². The van der Waals surface area contributed by atoms with Gasteiger partial charge in [0.25, 0.3) is 0 Å². The molecule has 100 valence electrons. The molecule has 0 spiro atoms. The van der Waals surface area contributed by atoms with Crippen molar-refractivity contribution in [2.75, 3.05) is 11.9 Å². The summed E-state index contributed by atoms with van der Waals surface area (Å²) in [6.07, 6.45) is 1.18. The van der Waals surface area contributed by atoms with Crippen LogP contribution in [0.25, 0.3) is 0 Å². The number of benzene rings is 2. The van der Waals surface area contributed by atoms with E-state index in [9.17, 15) is 0 Å². The van der Waals surface area contributed by atoms with Gasteiger partial charge in [-0.25, -0.2) is 0 Å². The molecule has 2 rings (SSSR count). The molecule has 1 N–H and O–H groups in total. The zero-order chi connectivity index (χ0) is 13.5. The molecule has 0 aliphatic carbocycles. The number of anilines is 1. The molecule has 2 aromatic carbocycles. The molecule has 0 aromatic heterocycles. The Morgan fingerprint density at radius 3 is 2.16 bits per heavy atom. The van der Waals surface area contributed by atoms with Crippen molar-refractivity contribution in [2.45, 2.75) is 20.3 Å². The summed E-state index contributed by atoms with van der Waals surface area (Å²) in [4.78, 5) is 0. The molecule has 0 amide bonds. The molecule has 2 aromatic rings. The van der Waals surface area contributed by atoms with Crippen molar-refractivity contribution >= 4 is 5.69 Å². The van der Waals surface area contributed by atoms with Gasteiger partial charge in [0.05, 0.1) is 0 Å². The van der Waals surface area contributed by atoms with Crippen LogP contribution in [0.1, 0.15) is 20.3 Å². The van der Waals surface area contributed by atoms with Crippen molar-refractivity contribution in [3.05, 3.63) is 54.6 Å². The maximum atomic E-state index is 5.75. The van der Waals surface area contributed by atoms with Crippen molar-refractivity contribution in [1.82, 2.24) is 0 Å². The number of para-hydroxylation sites is 1. The summed E-state index contributed by atoms with van der Waals surface area (Å²) in [7, 11) is 0. The fourth-order valence-corrected chi connectivity index (χ4v) is 1.77. The third-order valence-electron chi connectivity index (χ3n) is 2.88. The molecular formula is C17H21NO. The summed E-state index contributed by atoms with van der Waals surface area (Å²) in [6, 6.07) is 17.9. The minimum atomic E-state index is 0.730. The fourth-order valence-electron chi connectivity index (χ4n) is 1.77. The summed E-state index contributed by atoms with van der Waals surface area (Å²) in [5.41, 5.74) is 1.14. The Bertz CT molecular complexity index is 476. The summed E-state index contributed by atoms with van der Waals surface area (Å²) >= 11 is 0. The second-order valence-corrected chi connectivity index (χ2v) is 5.05. The summed E-state index contributed by atoms with van der Waals surface area (Å²) in [5, 5.41) is 3.41. The molecule has 0 fully saturated rings. The van der Waals surface area contributed by atoms with Gasteiger partial charge in [0, 0.05) is 12.2 Å². The van der Waals surface area contributed by atoms with Crippen molar-refractivity contribution in [3.63, 3.8) is 0 Å². The van der Waals surface area contributed by atoms with Gasteiger partial charge in [-0.2, -0.15) is 0 Å². The number of nitrogens with one attached hydrogen (secondary N) is 1. The van der Waals surface area contributed by atoms with Gasteiger partial charge in [0.2, 0.25) is 0 Å². The number of rotatable bonds is 6. The largest absolute Gasteiger partial charge is 0.457 e. The molecule has 0 aliphatic rings. The topological polar surface area (TPSA) is 21.3 Å². The highest BCUT2D eigenvalue weighted by molar-refractivity contribution is 5.47. The molecule has 19 heavy (non-hydrogen) atoms. The lowest BCUT2D eigenvalue weighted by atomic mass is 10.1. The third kappa shape index (κ3) is 4.66. The molecule has 2 nitrogen and oxygen atoms in total. The Labute approximate surface area is 115 Å². The molecule has 0 atom stereocenters. The molecule has 0 heterocycles. The smallest absolute Gasteiger partial charge is 0.127 e. The summed E-state index contributed by atoms with van der Waals surface area (Å²) in [6.45, 7) is 5.48. The minimum Gasteiger partial charge on any atom is -0.457 e. The van der Waals surface area contributed by atoms with Gasteiger partial charge in [-0.15, -0.1) is 0 Å². The van der Waals surface area contributed by atoms with Crippen LogP contribution in [0, 0.1) is 5.92 Å². The van der Waals surface area contributed by atoms with E-state index in [1.165, 1.54) is 6.42 Å². The van der Waals surface area contributed by atoms with Crippen LogP contribution >= 0.6 is 0 Å². The van der Waals surface area contributed by atoms with Crippen molar-refractivity contribution in [2.24, 2.45) is 5.92 Å². The van der Waals surface area contributed by atoms with Crippen molar-refractivity contribution < 1.29 is 4.74 Å². The van der Waals surface area contributed by atoms with E-state index in [1.54, 1.807) is 0 Å². The van der Waals surface area contributed by atoms with E-state index in [4.69, 9.17) is 4.74 Å². The lowest BCUT2D eigenvalue weighted by molar-refractivity contribution is 0.483. The lowest BCUT2D eigenvalue weighted by Gasteiger charge is -2.09. The van der Waals surface area contributed by atoms with Crippen LogP contribution in [-0.4, -0.2) is 6.54 Å². The normalized spacial score (nSPS) is 10.5. The zero-order valence-corrected chi connectivity index (χ0v) is 11.6. The lowest BCUT2D eigenvalue weighted by Crippen LogP contribution is -2.04. The van der Waals surface area contributed by atoms with Crippen LogP contribution in [0.5, 0.6) is 11.5 Å². The average molecular weight is 255 g/mol. The average Bonchev–Trinajstić information content (AvgIpc) is 2.42. The maximum Gasteiger partial charge on any atom is 0.127 e. The Balaban J connectivity index is 1.88. The van der Waals surface area contributed by atoms with E-state index in [1.807, 2.05) is 42.5 Å². The highest BCUT2D eigenvalue weighted by atomic mass is 16.5. The second kappa shape index (κ2) is 6.83. The van der Waals surface area contributed by atoms with Crippen LogP contribution in [0.15, 0.2) is 54.6 Å². The van der Waals surface area contributed by atoms with Gasteiger partial charge in [-0.1, -0.05) is 32.0 Å². The van der Waals surface area contributed by atoms with Gasteiger partial charge >= 0.3 is 0 Å².